The highest BCUT2D eigenvalue weighted by molar-refractivity contribution is 5.50. The zero-order valence-corrected chi connectivity index (χ0v) is 11.9. The second kappa shape index (κ2) is 6.64. The smallest absolute Gasteiger partial charge is 0.167 e. The van der Waals surface area contributed by atoms with E-state index in [-0.39, 0.29) is 0 Å². The first-order chi connectivity index (χ1) is 10.2. The van der Waals surface area contributed by atoms with E-state index in [1.807, 2.05) is 6.07 Å². The summed E-state index contributed by atoms with van der Waals surface area (Å²) in [6.45, 7) is 0. The molecule has 0 aliphatic heterocycles. The van der Waals surface area contributed by atoms with Crippen molar-refractivity contribution in [1.29, 1.82) is 5.26 Å². The van der Waals surface area contributed by atoms with Gasteiger partial charge in [0.2, 0.25) is 0 Å². The Balaban J connectivity index is 2.36. The molecule has 0 amide bonds. The van der Waals surface area contributed by atoms with Crippen LogP contribution in [0.3, 0.4) is 0 Å². The number of benzene rings is 2. The molecule has 2 aromatic carbocycles. The number of hydroxylamine groups is 1. The van der Waals surface area contributed by atoms with Crippen LogP contribution in [0.15, 0.2) is 48.5 Å². The normalized spacial score (nSPS) is 11.3. The van der Waals surface area contributed by atoms with Gasteiger partial charge in [0.25, 0.3) is 0 Å². The fraction of sp³-hybridized carbons (Fsp3) is 0.188. The van der Waals surface area contributed by atoms with Crippen molar-refractivity contribution in [2.75, 3.05) is 19.3 Å². The van der Waals surface area contributed by atoms with Crippen molar-refractivity contribution in [3.63, 3.8) is 0 Å². The number of para-hydroxylation sites is 1. The standard InChI is InChI=1S/C16H16N2O3/c1-20-15-9-8-12(10-16(15)21-2)14(11-17)18(19)13-6-4-3-5-7-13/h3-10,14,19H,1-2H3. The van der Waals surface area contributed by atoms with Crippen molar-refractivity contribution in [2.24, 2.45) is 0 Å². The van der Waals surface area contributed by atoms with Gasteiger partial charge in [-0.25, -0.2) is 5.06 Å². The Morgan fingerprint density at radius 1 is 1.05 bits per heavy atom. The summed E-state index contributed by atoms with van der Waals surface area (Å²) in [4.78, 5) is 0. The van der Waals surface area contributed by atoms with Gasteiger partial charge in [-0.05, 0) is 29.8 Å². The van der Waals surface area contributed by atoms with E-state index in [2.05, 4.69) is 6.07 Å². The molecule has 21 heavy (non-hydrogen) atoms. The summed E-state index contributed by atoms with van der Waals surface area (Å²) in [6.07, 6.45) is 0. The number of methoxy groups -OCH3 is 2. The molecular weight excluding hydrogens is 268 g/mol. The molecule has 0 spiro atoms. The number of hydrogen-bond acceptors (Lipinski definition) is 5. The summed E-state index contributed by atoms with van der Waals surface area (Å²) in [7, 11) is 3.07. The van der Waals surface area contributed by atoms with Gasteiger partial charge in [0, 0.05) is 0 Å². The van der Waals surface area contributed by atoms with E-state index in [9.17, 15) is 10.5 Å². The van der Waals surface area contributed by atoms with Crippen molar-refractivity contribution < 1.29 is 14.7 Å². The largest absolute Gasteiger partial charge is 0.493 e. The highest BCUT2D eigenvalue weighted by atomic mass is 16.5. The van der Waals surface area contributed by atoms with Gasteiger partial charge in [0.1, 0.15) is 0 Å². The molecule has 5 nitrogen and oxygen atoms in total. The lowest BCUT2D eigenvalue weighted by atomic mass is 10.1. The minimum Gasteiger partial charge on any atom is -0.493 e. The molecule has 0 fully saturated rings. The molecule has 1 atom stereocenters. The molecule has 0 aliphatic carbocycles. The first-order valence-electron chi connectivity index (χ1n) is 6.36. The molecule has 5 heteroatoms. The molecule has 108 valence electrons. The molecule has 0 bridgehead atoms. The van der Waals surface area contributed by atoms with Crippen LogP contribution in [0.5, 0.6) is 11.5 Å². The third-order valence-electron chi connectivity index (χ3n) is 3.11. The molecule has 0 saturated heterocycles. The van der Waals surface area contributed by atoms with Gasteiger partial charge in [-0.2, -0.15) is 5.26 Å². The Bertz CT molecular complexity index is 638. The quantitative estimate of drug-likeness (QED) is 0.854. The molecule has 2 rings (SSSR count). The van der Waals surface area contributed by atoms with Crippen molar-refractivity contribution in [3.05, 3.63) is 54.1 Å². The summed E-state index contributed by atoms with van der Waals surface area (Å²) in [5, 5.41) is 20.6. The van der Waals surface area contributed by atoms with Crippen LogP contribution < -0.4 is 14.5 Å². The van der Waals surface area contributed by atoms with Crippen LogP contribution in [-0.2, 0) is 0 Å². The molecule has 0 radical (unpaired) electrons. The highest BCUT2D eigenvalue weighted by Gasteiger charge is 2.20. The van der Waals surface area contributed by atoms with E-state index in [4.69, 9.17) is 9.47 Å². The zero-order chi connectivity index (χ0) is 15.2. The molecule has 0 aromatic heterocycles. The highest BCUT2D eigenvalue weighted by Crippen LogP contribution is 2.32. The average Bonchev–Trinajstić information content (AvgIpc) is 2.56. The maximum Gasteiger partial charge on any atom is 0.167 e. The summed E-state index contributed by atoms with van der Waals surface area (Å²) in [5.41, 5.74) is 1.15. The van der Waals surface area contributed by atoms with Gasteiger partial charge in [0.15, 0.2) is 17.5 Å². The van der Waals surface area contributed by atoms with Crippen LogP contribution >= 0.6 is 0 Å². The molecule has 1 N–H and O–H groups in total. The van der Waals surface area contributed by atoms with Crippen molar-refractivity contribution in [2.45, 2.75) is 6.04 Å². The average molecular weight is 284 g/mol. The number of nitrogens with zero attached hydrogens (tertiary/aromatic N) is 2. The SMILES string of the molecule is COc1ccc(C(C#N)N(O)c2ccccc2)cc1OC. The van der Waals surface area contributed by atoms with Gasteiger partial charge < -0.3 is 9.47 Å². The Labute approximate surface area is 123 Å². The first kappa shape index (κ1) is 14.7. The van der Waals surface area contributed by atoms with Gasteiger partial charge in [-0.15, -0.1) is 0 Å². The van der Waals surface area contributed by atoms with Crippen LogP contribution in [-0.4, -0.2) is 19.4 Å². The van der Waals surface area contributed by atoms with Crippen LogP contribution in [0.1, 0.15) is 11.6 Å². The Kier molecular flexibility index (Phi) is 4.64. The number of nitriles is 1. The number of hydrogen-bond donors (Lipinski definition) is 1. The van der Waals surface area contributed by atoms with Gasteiger partial charge in [0.05, 0.1) is 26.0 Å². The van der Waals surface area contributed by atoms with Crippen LogP contribution in [0.25, 0.3) is 0 Å². The zero-order valence-electron chi connectivity index (χ0n) is 11.9. The number of rotatable bonds is 5. The fourth-order valence-corrected chi connectivity index (χ4v) is 2.02. The lowest BCUT2D eigenvalue weighted by Crippen LogP contribution is -2.23. The Morgan fingerprint density at radius 2 is 1.71 bits per heavy atom. The summed E-state index contributed by atoms with van der Waals surface area (Å²) >= 11 is 0. The second-order valence-corrected chi connectivity index (χ2v) is 4.33. The van der Waals surface area contributed by atoms with Gasteiger partial charge >= 0.3 is 0 Å². The predicted molar refractivity (Wildman–Crippen MR) is 78.6 cm³/mol. The number of anilines is 1. The molecule has 0 saturated carbocycles. The van der Waals surface area contributed by atoms with E-state index in [0.29, 0.717) is 22.7 Å². The van der Waals surface area contributed by atoms with E-state index in [1.54, 1.807) is 49.6 Å². The molecule has 0 heterocycles. The minimum atomic E-state index is -0.841. The van der Waals surface area contributed by atoms with Crippen LogP contribution in [0.4, 0.5) is 5.69 Å². The van der Waals surface area contributed by atoms with E-state index < -0.39 is 6.04 Å². The summed E-state index contributed by atoms with van der Waals surface area (Å²) in [6, 6.07) is 15.2. The maximum absolute atomic E-state index is 10.3. The molecular formula is C16H16N2O3. The van der Waals surface area contributed by atoms with E-state index >= 15 is 0 Å². The minimum absolute atomic E-state index is 0.511. The van der Waals surface area contributed by atoms with E-state index in [1.165, 1.54) is 7.11 Å². The van der Waals surface area contributed by atoms with Gasteiger partial charge in [-0.1, -0.05) is 24.3 Å². The molecule has 0 aliphatic rings. The summed E-state index contributed by atoms with van der Waals surface area (Å²) < 4.78 is 10.4. The van der Waals surface area contributed by atoms with E-state index in [0.717, 1.165) is 5.06 Å². The third-order valence-corrected chi connectivity index (χ3v) is 3.11. The summed E-state index contributed by atoms with van der Waals surface area (Å²) in [5.74, 6) is 1.08. The topological polar surface area (TPSA) is 65.7 Å². The van der Waals surface area contributed by atoms with Crippen molar-refractivity contribution in [3.8, 4) is 17.6 Å². The predicted octanol–water partition coefficient (Wildman–Crippen LogP) is 3.16. The Hall–Kier alpha value is -2.71. The second-order valence-electron chi connectivity index (χ2n) is 4.33. The fourth-order valence-electron chi connectivity index (χ4n) is 2.02. The third kappa shape index (κ3) is 3.07. The van der Waals surface area contributed by atoms with Crippen LogP contribution in [0.2, 0.25) is 0 Å². The lowest BCUT2D eigenvalue weighted by molar-refractivity contribution is 0.235. The number of ether oxygens (including phenoxy) is 2. The van der Waals surface area contributed by atoms with Crippen molar-refractivity contribution in [1.82, 2.24) is 0 Å². The first-order valence-corrected chi connectivity index (χ1v) is 6.36. The van der Waals surface area contributed by atoms with Gasteiger partial charge in [-0.3, -0.25) is 5.21 Å². The molecule has 1 unspecified atom stereocenters. The maximum atomic E-state index is 10.3. The molecule has 2 aromatic rings. The Morgan fingerprint density at radius 3 is 2.29 bits per heavy atom. The lowest BCUT2D eigenvalue weighted by Gasteiger charge is -2.23. The van der Waals surface area contributed by atoms with Crippen LogP contribution in [0, 0.1) is 11.3 Å². The van der Waals surface area contributed by atoms with Crippen molar-refractivity contribution >= 4 is 5.69 Å². The monoisotopic (exact) mass is 284 g/mol.